The number of fused-ring (bicyclic) bond motifs is 2. The van der Waals surface area contributed by atoms with Gasteiger partial charge in [-0.2, -0.15) is 5.26 Å². The maximum absolute atomic E-state index is 12.7. The molecule has 0 saturated heterocycles. The molecule has 4 nitrogen and oxygen atoms in total. The fourth-order valence-corrected chi connectivity index (χ4v) is 3.00. The van der Waals surface area contributed by atoms with Crippen LogP contribution in [0, 0.1) is 11.3 Å². The van der Waals surface area contributed by atoms with Crippen LogP contribution < -0.4 is 5.56 Å². The van der Waals surface area contributed by atoms with Crippen LogP contribution in [-0.2, 0) is 6.42 Å². The van der Waals surface area contributed by atoms with Crippen molar-refractivity contribution >= 4 is 17.3 Å². The van der Waals surface area contributed by atoms with Crippen molar-refractivity contribution < 1.29 is 0 Å². The van der Waals surface area contributed by atoms with E-state index in [-0.39, 0.29) is 5.56 Å². The zero-order valence-electron chi connectivity index (χ0n) is 12.4. The molecule has 1 aliphatic rings. The van der Waals surface area contributed by atoms with Crippen molar-refractivity contribution in [2.45, 2.75) is 12.8 Å². The molecule has 1 aliphatic carbocycles. The highest BCUT2D eigenvalue weighted by Crippen LogP contribution is 2.30. The van der Waals surface area contributed by atoms with Gasteiger partial charge in [0, 0.05) is 11.8 Å². The van der Waals surface area contributed by atoms with Gasteiger partial charge in [-0.05, 0) is 42.2 Å². The molecule has 0 saturated carbocycles. The molecule has 3 aromatic rings. The summed E-state index contributed by atoms with van der Waals surface area (Å²) in [5.41, 5.74) is 4.70. The third-order valence-corrected chi connectivity index (χ3v) is 4.13. The fourth-order valence-electron chi connectivity index (χ4n) is 3.00. The lowest BCUT2D eigenvalue weighted by atomic mass is 10.1. The Morgan fingerprint density at radius 2 is 1.96 bits per heavy atom. The lowest BCUT2D eigenvalue weighted by Crippen LogP contribution is -2.19. The molecule has 4 heteroatoms. The molecule has 110 valence electrons. The first kappa shape index (κ1) is 13.5. The summed E-state index contributed by atoms with van der Waals surface area (Å²) in [6.45, 7) is 0. The van der Waals surface area contributed by atoms with Gasteiger partial charge in [0.25, 0.3) is 5.56 Å². The Labute approximate surface area is 133 Å². The highest BCUT2D eigenvalue weighted by molar-refractivity contribution is 5.84. The molecule has 23 heavy (non-hydrogen) atoms. The first-order valence-electron chi connectivity index (χ1n) is 7.47. The molecule has 0 aliphatic heterocycles. The van der Waals surface area contributed by atoms with Gasteiger partial charge in [-0.3, -0.25) is 9.20 Å². The van der Waals surface area contributed by atoms with Crippen molar-refractivity contribution in [3.8, 4) is 6.07 Å². The van der Waals surface area contributed by atoms with E-state index >= 15 is 0 Å². The van der Waals surface area contributed by atoms with Gasteiger partial charge in [0.1, 0.15) is 11.7 Å². The van der Waals surface area contributed by atoms with E-state index < -0.39 is 0 Å². The minimum Gasteiger partial charge on any atom is -0.269 e. The summed E-state index contributed by atoms with van der Waals surface area (Å²) in [4.78, 5) is 17.3. The summed E-state index contributed by atoms with van der Waals surface area (Å²) >= 11 is 0. The number of nitriles is 1. The van der Waals surface area contributed by atoms with Gasteiger partial charge in [0.2, 0.25) is 0 Å². The number of benzene rings is 1. The van der Waals surface area contributed by atoms with Gasteiger partial charge in [-0.1, -0.05) is 30.3 Å². The Hall–Kier alpha value is -3.19. The molecule has 0 radical (unpaired) electrons. The topological polar surface area (TPSA) is 58.2 Å². The third-order valence-electron chi connectivity index (χ3n) is 4.13. The summed E-state index contributed by atoms with van der Waals surface area (Å²) in [5, 5.41) is 8.99. The van der Waals surface area contributed by atoms with Gasteiger partial charge in [0.05, 0.1) is 11.3 Å². The van der Waals surface area contributed by atoms with Gasteiger partial charge < -0.3 is 0 Å². The molecule has 0 spiro atoms. The molecule has 1 aromatic carbocycles. The number of aromatic nitrogens is 2. The lowest BCUT2D eigenvalue weighted by Gasteiger charge is -2.05. The molecule has 0 bridgehead atoms. The summed E-state index contributed by atoms with van der Waals surface area (Å²) in [7, 11) is 0. The number of hydrogen-bond acceptors (Lipinski definition) is 3. The van der Waals surface area contributed by atoms with Crippen LogP contribution >= 0.6 is 0 Å². The van der Waals surface area contributed by atoms with Gasteiger partial charge in [-0.15, -0.1) is 0 Å². The molecule has 0 amide bonds. The standard InChI is InChI=1S/C19H13N3O/c20-11-14-6-9-17-21-18-15(10-13-4-2-1-3-5-13)7-8-16(18)19(23)22(17)12-14/h1-6,9-10,12H,7-8H2/b15-10-. The number of nitrogens with zero attached hydrogens (tertiary/aromatic N) is 3. The van der Waals surface area contributed by atoms with E-state index in [4.69, 9.17) is 5.26 Å². The molecule has 2 aromatic heterocycles. The minimum absolute atomic E-state index is 0.0708. The Morgan fingerprint density at radius 3 is 2.74 bits per heavy atom. The van der Waals surface area contributed by atoms with Crippen LogP contribution in [0.4, 0.5) is 0 Å². The van der Waals surface area contributed by atoms with Crippen LogP contribution in [0.25, 0.3) is 17.3 Å². The van der Waals surface area contributed by atoms with E-state index in [0.29, 0.717) is 17.6 Å². The van der Waals surface area contributed by atoms with Crippen LogP contribution in [0.2, 0.25) is 0 Å². The molecule has 2 heterocycles. The maximum atomic E-state index is 12.7. The minimum atomic E-state index is -0.0708. The van der Waals surface area contributed by atoms with Crippen LogP contribution in [0.5, 0.6) is 0 Å². The van der Waals surface area contributed by atoms with Crippen molar-refractivity contribution in [2.75, 3.05) is 0 Å². The Balaban J connectivity index is 1.92. The fraction of sp³-hybridized carbons (Fsp3) is 0.105. The van der Waals surface area contributed by atoms with Crippen molar-refractivity contribution in [3.63, 3.8) is 0 Å². The molecular formula is C19H13N3O. The number of hydrogen-bond donors (Lipinski definition) is 0. The van der Waals surface area contributed by atoms with E-state index in [0.717, 1.165) is 28.8 Å². The Bertz CT molecular complexity index is 1040. The first-order chi connectivity index (χ1) is 11.3. The predicted octanol–water partition coefficient (Wildman–Crippen LogP) is 3.05. The monoisotopic (exact) mass is 299 g/mol. The first-order valence-corrected chi connectivity index (χ1v) is 7.47. The second-order valence-electron chi connectivity index (χ2n) is 5.58. The molecular weight excluding hydrogens is 286 g/mol. The van der Waals surface area contributed by atoms with Crippen LogP contribution in [0.1, 0.15) is 28.8 Å². The summed E-state index contributed by atoms with van der Waals surface area (Å²) < 4.78 is 1.48. The number of allylic oxidation sites excluding steroid dienone is 1. The van der Waals surface area contributed by atoms with Crippen molar-refractivity contribution in [3.05, 3.63) is 81.4 Å². The Morgan fingerprint density at radius 1 is 1.13 bits per heavy atom. The number of rotatable bonds is 1. The number of pyridine rings is 1. The normalized spacial score (nSPS) is 14.8. The van der Waals surface area contributed by atoms with E-state index in [1.807, 2.05) is 30.3 Å². The lowest BCUT2D eigenvalue weighted by molar-refractivity contribution is 0.969. The summed E-state index contributed by atoms with van der Waals surface area (Å²) in [5.74, 6) is 0. The highest BCUT2D eigenvalue weighted by Gasteiger charge is 2.22. The maximum Gasteiger partial charge on any atom is 0.261 e. The average Bonchev–Trinajstić information content (AvgIpc) is 2.99. The highest BCUT2D eigenvalue weighted by atomic mass is 16.1. The second kappa shape index (κ2) is 5.22. The second-order valence-corrected chi connectivity index (χ2v) is 5.58. The molecule has 0 N–H and O–H groups in total. The van der Waals surface area contributed by atoms with Crippen LogP contribution in [0.3, 0.4) is 0 Å². The van der Waals surface area contributed by atoms with Crippen molar-refractivity contribution in [1.29, 1.82) is 5.26 Å². The quantitative estimate of drug-likeness (QED) is 0.694. The largest absolute Gasteiger partial charge is 0.269 e. The van der Waals surface area contributed by atoms with E-state index in [2.05, 4.69) is 17.1 Å². The zero-order valence-corrected chi connectivity index (χ0v) is 12.4. The SMILES string of the molecule is N#Cc1ccc2nc3c(c(=O)n2c1)CC/C3=C/c1ccccc1. The molecule has 4 rings (SSSR count). The zero-order chi connectivity index (χ0) is 15.8. The smallest absolute Gasteiger partial charge is 0.261 e. The van der Waals surface area contributed by atoms with Gasteiger partial charge >= 0.3 is 0 Å². The Kier molecular flexibility index (Phi) is 3.06. The average molecular weight is 299 g/mol. The van der Waals surface area contributed by atoms with E-state index in [9.17, 15) is 4.79 Å². The van der Waals surface area contributed by atoms with E-state index in [1.54, 1.807) is 18.3 Å². The van der Waals surface area contributed by atoms with E-state index in [1.165, 1.54) is 4.40 Å². The van der Waals surface area contributed by atoms with Crippen LogP contribution in [0.15, 0.2) is 53.5 Å². The summed E-state index contributed by atoms with van der Waals surface area (Å²) in [6.07, 6.45) is 5.16. The molecule has 0 atom stereocenters. The predicted molar refractivity (Wildman–Crippen MR) is 88.8 cm³/mol. The van der Waals surface area contributed by atoms with Crippen LogP contribution in [-0.4, -0.2) is 9.38 Å². The third kappa shape index (κ3) is 2.23. The van der Waals surface area contributed by atoms with Gasteiger partial charge in [0.15, 0.2) is 0 Å². The van der Waals surface area contributed by atoms with Crippen molar-refractivity contribution in [2.24, 2.45) is 0 Å². The van der Waals surface area contributed by atoms with Gasteiger partial charge in [-0.25, -0.2) is 4.98 Å². The molecule has 0 fully saturated rings. The van der Waals surface area contributed by atoms with Crippen molar-refractivity contribution in [1.82, 2.24) is 9.38 Å². The summed E-state index contributed by atoms with van der Waals surface area (Å²) in [6, 6.07) is 15.5. The molecule has 0 unspecified atom stereocenters.